The predicted octanol–water partition coefficient (Wildman–Crippen LogP) is 1.76. The zero-order chi connectivity index (χ0) is 15.0. The quantitative estimate of drug-likeness (QED) is 0.330. The van der Waals surface area contributed by atoms with E-state index in [0.29, 0.717) is 0 Å². The van der Waals surface area contributed by atoms with Crippen LogP contribution in [0.4, 0.5) is 0 Å². The Morgan fingerprint density at radius 2 is 1.79 bits per heavy atom. The molecule has 0 aliphatic rings. The van der Waals surface area contributed by atoms with E-state index in [1.54, 1.807) is 20.8 Å². The zero-order valence-corrected chi connectivity index (χ0v) is 15.3. The van der Waals surface area contributed by atoms with Crippen LogP contribution in [0.3, 0.4) is 0 Å². The molecule has 0 unspecified atom stereocenters. The molecule has 0 aromatic heterocycles. The van der Waals surface area contributed by atoms with Crippen molar-refractivity contribution < 1.29 is 14.3 Å². The van der Waals surface area contributed by atoms with E-state index in [1.807, 2.05) is 13.8 Å². The Morgan fingerprint density at radius 1 is 1.32 bits per heavy atom. The summed E-state index contributed by atoms with van der Waals surface area (Å²) in [6.07, 6.45) is 3.77. The third-order valence-electron chi connectivity index (χ3n) is 1.28. The van der Waals surface area contributed by atoms with Gasteiger partial charge < -0.3 is 20.6 Å². The van der Waals surface area contributed by atoms with Crippen molar-refractivity contribution in [3.63, 3.8) is 0 Å². The summed E-state index contributed by atoms with van der Waals surface area (Å²) in [4.78, 5) is 20.4. The van der Waals surface area contributed by atoms with Crippen molar-refractivity contribution in [2.75, 3.05) is 13.1 Å². The normalized spacial score (nSPS) is 8.58. The number of amides is 1. The van der Waals surface area contributed by atoms with Crippen molar-refractivity contribution in [3.8, 4) is 0 Å². The summed E-state index contributed by atoms with van der Waals surface area (Å²) in [6, 6.07) is 0. The molecule has 6 heteroatoms. The van der Waals surface area contributed by atoms with Crippen LogP contribution < -0.4 is 11.1 Å². The second-order valence-corrected chi connectivity index (χ2v) is 4.18. The molecule has 0 spiro atoms. The van der Waals surface area contributed by atoms with Gasteiger partial charge in [-0.1, -0.05) is 27.2 Å². The summed E-state index contributed by atoms with van der Waals surface area (Å²) in [5.74, 6) is -0.458. The second kappa shape index (κ2) is 18.3. The summed E-state index contributed by atoms with van der Waals surface area (Å²) in [5.41, 5.74) is 4.64. The fraction of sp³-hybridized carbons (Fsp3) is 0.846. The van der Waals surface area contributed by atoms with Gasteiger partial charge in [0.1, 0.15) is 5.60 Å². The molecule has 5 nitrogen and oxygen atoms in total. The molecule has 0 aromatic carbocycles. The van der Waals surface area contributed by atoms with E-state index in [1.165, 1.54) is 19.3 Å². The fourth-order valence-corrected chi connectivity index (χ4v) is 0.690. The van der Waals surface area contributed by atoms with Gasteiger partial charge in [-0.05, 0) is 33.7 Å². The maximum absolute atomic E-state index is 10.8. The zero-order valence-electron chi connectivity index (χ0n) is 12.9. The molecule has 0 saturated heterocycles. The molecule has 0 aromatic rings. The van der Waals surface area contributed by atoms with Crippen molar-refractivity contribution in [3.05, 3.63) is 0 Å². The van der Waals surface area contributed by atoms with Gasteiger partial charge in [0.2, 0.25) is 0 Å². The van der Waals surface area contributed by atoms with E-state index >= 15 is 0 Å². The van der Waals surface area contributed by atoms with E-state index in [4.69, 9.17) is 10.5 Å². The number of ether oxygens (including phenoxy) is 1. The summed E-state index contributed by atoms with van der Waals surface area (Å²) >= 11 is 0. The molecule has 0 fully saturated rings. The first-order chi connectivity index (χ1) is 8.37. The van der Waals surface area contributed by atoms with Gasteiger partial charge in [0.05, 0.1) is 6.54 Å². The van der Waals surface area contributed by atoms with Crippen molar-refractivity contribution in [2.24, 2.45) is 5.73 Å². The third-order valence-corrected chi connectivity index (χ3v) is 1.28. The molecular formula is C13H29FmN2O3-. The van der Waals surface area contributed by atoms with E-state index in [9.17, 15) is 9.59 Å². The minimum Gasteiger partial charge on any atom is -0.521 e. The standard InChI is InChI=1S/C7H12NO3.C4H11N.C2H6.Fm/c1-7(2,3)11-6(10)4-8-5-9;1-2-3-4-5;1-2;/h4H2,1-3H3,(H,8,9);2-5H2,1H3;1-2H3;/q-1;;;. The van der Waals surface area contributed by atoms with Gasteiger partial charge >= 0.3 is 5.97 Å². The average molecular weight is 518 g/mol. The van der Waals surface area contributed by atoms with E-state index < -0.39 is 11.6 Å². The molecule has 0 aliphatic heterocycles. The molecule has 122 valence electrons. The Hall–Kier alpha value is -2.10. The summed E-state index contributed by atoms with van der Waals surface area (Å²) in [5, 5.41) is 2.09. The average Bonchev–Trinajstić information content (AvgIpc) is 2.29. The first kappa shape index (κ1) is 25.7. The van der Waals surface area contributed by atoms with Gasteiger partial charge in [0, 0.05) is 0 Å². The number of esters is 1. The number of carbonyl (C=O) groups excluding carboxylic acids is 2. The smallest absolute Gasteiger partial charge is 0.323 e. The molecule has 1 amide bonds. The fourth-order valence-electron chi connectivity index (χ4n) is 0.690. The maximum atomic E-state index is 10.8. The molecule has 0 saturated carbocycles. The number of rotatable bonds is 5. The molecule has 0 radical (unpaired) electrons. The van der Waals surface area contributed by atoms with E-state index in [0.717, 1.165) is 6.54 Å². The summed E-state index contributed by atoms with van der Waals surface area (Å²) in [6.45, 7) is 12.1. The summed E-state index contributed by atoms with van der Waals surface area (Å²) in [7, 11) is 0. The topological polar surface area (TPSA) is 81.4 Å². The number of nitrogens with one attached hydrogen (secondary N) is 1. The van der Waals surface area contributed by atoms with Crippen LogP contribution in [0.1, 0.15) is 54.4 Å². The number of hydrogen-bond donors (Lipinski definition) is 2. The monoisotopic (exact) mass is 518 g/mol. The Labute approximate surface area is 111 Å². The van der Waals surface area contributed by atoms with E-state index in [2.05, 4.69) is 12.2 Å². The molecule has 0 atom stereocenters. The molecular weight excluding hydrogens is 489 g/mol. The molecule has 0 rings (SSSR count). The molecule has 0 heterocycles. The number of carbonyl (C=O) groups is 1. The minimum absolute atomic E-state index is 0. The SMILES string of the molecule is CC.CC(C)(C)OC(=O)CN[C-]=O.CCCCN.[Fm]. The third kappa shape index (κ3) is 38.8. The van der Waals surface area contributed by atoms with Crippen LogP contribution in [0, 0.1) is 0 Å². The molecule has 3 N–H and O–H groups in total. The molecule has 0 aliphatic carbocycles. The van der Waals surface area contributed by atoms with Crippen molar-refractivity contribution in [1.29, 1.82) is 0 Å². The molecule has 0 bridgehead atoms. The molecule has 19 heavy (non-hydrogen) atoms. The van der Waals surface area contributed by atoms with Gasteiger partial charge in [0.25, 0.3) is 0 Å². The summed E-state index contributed by atoms with van der Waals surface area (Å²) < 4.78 is 4.86. The largest absolute Gasteiger partial charge is 0.521 e. The van der Waals surface area contributed by atoms with E-state index in [-0.39, 0.29) is 6.54 Å². The number of nitrogens with two attached hydrogens (primary N) is 1. The van der Waals surface area contributed by atoms with Crippen LogP contribution in [0.2, 0.25) is 0 Å². The maximum Gasteiger partial charge on any atom is 0.323 e. The second-order valence-electron chi connectivity index (χ2n) is 4.18. The Kier molecular flexibility index (Phi) is 24.7. The van der Waals surface area contributed by atoms with Crippen molar-refractivity contribution in [1.82, 2.24) is 5.32 Å². The van der Waals surface area contributed by atoms with Gasteiger partial charge in [-0.2, -0.15) is 6.41 Å². The van der Waals surface area contributed by atoms with Gasteiger partial charge in [-0.15, -0.1) is 0 Å². The Bertz CT molecular complexity index is 193. The van der Waals surface area contributed by atoms with Crippen LogP contribution in [-0.2, 0) is 14.3 Å². The van der Waals surface area contributed by atoms with Crippen LogP contribution in [0.5, 0.6) is 0 Å². The van der Waals surface area contributed by atoms with Crippen LogP contribution >= 0.6 is 0 Å². The Morgan fingerprint density at radius 3 is 2.00 bits per heavy atom. The minimum atomic E-state index is -0.498. The van der Waals surface area contributed by atoms with Gasteiger partial charge in [-0.25, -0.2) is 0 Å². The Balaban J connectivity index is -0.000000120. The van der Waals surface area contributed by atoms with Crippen molar-refractivity contribution >= 4 is 12.4 Å². The van der Waals surface area contributed by atoms with Crippen LogP contribution in [-0.4, -0.2) is 31.1 Å². The van der Waals surface area contributed by atoms with Crippen LogP contribution in [0.25, 0.3) is 0 Å². The number of hydrogen-bond acceptors (Lipinski definition) is 4. The van der Waals surface area contributed by atoms with Gasteiger partial charge in [0.15, 0.2) is 0 Å². The first-order valence-electron chi connectivity index (χ1n) is 6.39. The first-order valence-corrected chi connectivity index (χ1v) is 6.39. The number of unbranched alkanes of at least 4 members (excludes halogenated alkanes) is 1. The predicted molar refractivity (Wildman–Crippen MR) is 74.9 cm³/mol. The van der Waals surface area contributed by atoms with Crippen LogP contribution in [0.15, 0.2) is 0 Å². The van der Waals surface area contributed by atoms with Gasteiger partial charge in [-0.3, -0.25) is 4.79 Å². The van der Waals surface area contributed by atoms with Crippen molar-refractivity contribution in [2.45, 2.75) is 60.0 Å².